The van der Waals surface area contributed by atoms with Gasteiger partial charge in [0.15, 0.2) is 0 Å². The van der Waals surface area contributed by atoms with E-state index in [2.05, 4.69) is 41.8 Å². The molecule has 0 spiro atoms. The third-order valence-corrected chi connectivity index (χ3v) is 3.45. The average Bonchev–Trinajstić information content (AvgIpc) is 3.19. The van der Waals surface area contributed by atoms with Gasteiger partial charge in [0.2, 0.25) is 5.91 Å². The Bertz CT molecular complexity index is 401. The molecule has 0 bridgehead atoms. The molecule has 3 nitrogen and oxygen atoms in total. The zero-order valence-electron chi connectivity index (χ0n) is 11.6. The first-order chi connectivity index (χ1) is 8.70. The van der Waals surface area contributed by atoms with Crippen LogP contribution >= 0.6 is 12.4 Å². The van der Waals surface area contributed by atoms with Crippen molar-refractivity contribution in [2.24, 2.45) is 5.92 Å². The molecule has 4 heteroatoms. The highest BCUT2D eigenvalue weighted by Gasteiger charge is 2.33. The Morgan fingerprint density at radius 1 is 1.32 bits per heavy atom. The average molecular weight is 283 g/mol. The molecule has 1 aliphatic rings. The topological polar surface area (TPSA) is 41.1 Å². The normalized spacial score (nSPS) is 15.5. The van der Waals surface area contributed by atoms with Gasteiger partial charge in [-0.1, -0.05) is 29.8 Å². The quantitative estimate of drug-likeness (QED) is 0.842. The summed E-state index contributed by atoms with van der Waals surface area (Å²) in [5, 5.41) is 6.17. The number of benzene rings is 1. The van der Waals surface area contributed by atoms with Gasteiger partial charge in [0.1, 0.15) is 0 Å². The number of hydrogen-bond acceptors (Lipinski definition) is 2. The maximum absolute atomic E-state index is 11.8. The molecular formula is C15H23ClN2O. The molecule has 0 heterocycles. The molecule has 1 aliphatic carbocycles. The molecule has 0 aliphatic heterocycles. The first-order valence-corrected chi connectivity index (χ1v) is 6.71. The van der Waals surface area contributed by atoms with Crippen molar-refractivity contribution in [1.29, 1.82) is 0 Å². The lowest BCUT2D eigenvalue weighted by Gasteiger charge is -2.19. The number of hydrogen-bond donors (Lipinski definition) is 2. The molecule has 106 valence electrons. The Labute approximate surface area is 121 Å². The molecule has 1 saturated carbocycles. The van der Waals surface area contributed by atoms with Gasteiger partial charge in [-0.05, 0) is 38.3 Å². The van der Waals surface area contributed by atoms with Gasteiger partial charge < -0.3 is 10.6 Å². The fourth-order valence-corrected chi connectivity index (χ4v) is 2.16. The van der Waals surface area contributed by atoms with Crippen molar-refractivity contribution in [3.63, 3.8) is 0 Å². The predicted octanol–water partition coefficient (Wildman–Crippen LogP) is 2.59. The van der Waals surface area contributed by atoms with Crippen molar-refractivity contribution >= 4 is 18.3 Å². The molecule has 1 amide bonds. The number of aryl methyl sites for hydroxylation is 1. The number of halogens is 1. The minimum Gasteiger partial charge on any atom is -0.349 e. The van der Waals surface area contributed by atoms with Crippen LogP contribution in [0.25, 0.3) is 0 Å². The van der Waals surface area contributed by atoms with E-state index in [4.69, 9.17) is 0 Å². The Morgan fingerprint density at radius 2 is 1.95 bits per heavy atom. The lowest BCUT2D eigenvalue weighted by Crippen LogP contribution is -2.31. The van der Waals surface area contributed by atoms with E-state index in [9.17, 15) is 4.79 Å². The van der Waals surface area contributed by atoms with E-state index in [1.807, 2.05) is 7.05 Å². The summed E-state index contributed by atoms with van der Waals surface area (Å²) in [5.74, 6) is 0.771. The maximum Gasteiger partial charge on any atom is 0.221 e. The molecule has 1 unspecified atom stereocenters. The van der Waals surface area contributed by atoms with Gasteiger partial charge in [0.25, 0.3) is 0 Å². The summed E-state index contributed by atoms with van der Waals surface area (Å²) in [7, 11) is 1.87. The fraction of sp³-hybridized carbons (Fsp3) is 0.533. The number of amides is 1. The van der Waals surface area contributed by atoms with Gasteiger partial charge in [-0.3, -0.25) is 4.79 Å². The Hall–Kier alpha value is -1.06. The van der Waals surface area contributed by atoms with E-state index >= 15 is 0 Å². The second-order valence-electron chi connectivity index (χ2n) is 5.15. The van der Waals surface area contributed by atoms with Gasteiger partial charge in [0, 0.05) is 13.0 Å². The second-order valence-corrected chi connectivity index (χ2v) is 5.15. The molecular weight excluding hydrogens is 260 g/mol. The number of nitrogens with one attached hydrogen (secondary N) is 2. The van der Waals surface area contributed by atoms with Gasteiger partial charge in [-0.15, -0.1) is 12.4 Å². The van der Waals surface area contributed by atoms with Crippen LogP contribution in [0.15, 0.2) is 24.3 Å². The molecule has 19 heavy (non-hydrogen) atoms. The van der Waals surface area contributed by atoms with Crippen LogP contribution in [0.1, 0.15) is 36.4 Å². The van der Waals surface area contributed by atoms with Crippen LogP contribution in [0.3, 0.4) is 0 Å². The highest BCUT2D eigenvalue weighted by atomic mass is 35.5. The monoisotopic (exact) mass is 282 g/mol. The van der Waals surface area contributed by atoms with Gasteiger partial charge in [-0.2, -0.15) is 0 Å². The molecule has 0 radical (unpaired) electrons. The van der Waals surface area contributed by atoms with Gasteiger partial charge in [0.05, 0.1) is 6.04 Å². The molecule has 1 aromatic rings. The van der Waals surface area contributed by atoms with Crippen molar-refractivity contribution in [2.45, 2.75) is 32.2 Å². The van der Waals surface area contributed by atoms with E-state index in [0.717, 1.165) is 6.54 Å². The third-order valence-electron chi connectivity index (χ3n) is 3.45. The zero-order chi connectivity index (χ0) is 13.0. The van der Waals surface area contributed by atoms with Crippen LogP contribution in [0.4, 0.5) is 0 Å². The van der Waals surface area contributed by atoms with Gasteiger partial charge >= 0.3 is 0 Å². The number of rotatable bonds is 6. The van der Waals surface area contributed by atoms with Crippen LogP contribution < -0.4 is 10.6 Å². The Morgan fingerprint density at radius 3 is 2.47 bits per heavy atom. The second kappa shape index (κ2) is 7.51. The van der Waals surface area contributed by atoms with Crippen LogP contribution in [-0.4, -0.2) is 19.5 Å². The molecule has 1 atom stereocenters. The minimum atomic E-state index is 0. The largest absolute Gasteiger partial charge is 0.349 e. The summed E-state index contributed by atoms with van der Waals surface area (Å²) in [6.07, 6.45) is 3.00. The summed E-state index contributed by atoms with van der Waals surface area (Å²) < 4.78 is 0. The molecule has 1 aromatic carbocycles. The van der Waals surface area contributed by atoms with E-state index < -0.39 is 0 Å². The maximum atomic E-state index is 11.8. The third kappa shape index (κ3) is 4.84. The van der Waals surface area contributed by atoms with E-state index in [-0.39, 0.29) is 24.4 Å². The molecule has 2 N–H and O–H groups in total. The minimum absolute atomic E-state index is 0. The molecule has 2 rings (SSSR count). The molecule has 1 fully saturated rings. The summed E-state index contributed by atoms with van der Waals surface area (Å²) >= 11 is 0. The molecule has 0 saturated heterocycles. The Balaban J connectivity index is 0.00000180. The highest BCUT2D eigenvalue weighted by molar-refractivity contribution is 5.85. The van der Waals surface area contributed by atoms with Crippen molar-refractivity contribution in [2.75, 3.05) is 13.6 Å². The van der Waals surface area contributed by atoms with Crippen LogP contribution in [0.5, 0.6) is 0 Å². The van der Waals surface area contributed by atoms with Crippen molar-refractivity contribution in [3.8, 4) is 0 Å². The summed E-state index contributed by atoms with van der Waals surface area (Å²) in [6.45, 7) is 2.82. The number of carbonyl (C=O) groups is 1. The van der Waals surface area contributed by atoms with E-state index in [1.165, 1.54) is 24.0 Å². The summed E-state index contributed by atoms with van der Waals surface area (Å²) in [4.78, 5) is 11.8. The highest BCUT2D eigenvalue weighted by Crippen LogP contribution is 2.41. The fourth-order valence-electron chi connectivity index (χ4n) is 2.16. The van der Waals surface area contributed by atoms with Crippen molar-refractivity contribution < 1.29 is 4.79 Å². The number of carbonyl (C=O) groups excluding carboxylic acids is 1. The van der Waals surface area contributed by atoms with Crippen LogP contribution in [0.2, 0.25) is 0 Å². The standard InChI is InChI=1S/C15H22N2O.ClH/c1-11-3-5-12(6-4-11)15(13-7-8-13)17-14(18)9-10-16-2;/h3-6,13,15-16H,7-10H2,1-2H3,(H,17,18);1H. The van der Waals surface area contributed by atoms with E-state index in [0.29, 0.717) is 12.3 Å². The molecule has 0 aromatic heterocycles. The summed E-state index contributed by atoms with van der Waals surface area (Å²) in [5.41, 5.74) is 2.50. The van der Waals surface area contributed by atoms with E-state index in [1.54, 1.807) is 0 Å². The first kappa shape index (κ1) is 16.0. The van der Waals surface area contributed by atoms with Gasteiger partial charge in [-0.25, -0.2) is 0 Å². The lowest BCUT2D eigenvalue weighted by molar-refractivity contribution is -0.121. The van der Waals surface area contributed by atoms with Crippen LogP contribution in [-0.2, 0) is 4.79 Å². The SMILES string of the molecule is CNCCC(=O)NC(c1ccc(C)cc1)C1CC1.Cl. The predicted molar refractivity (Wildman–Crippen MR) is 80.6 cm³/mol. The lowest BCUT2D eigenvalue weighted by atomic mass is 10.0. The van der Waals surface area contributed by atoms with Crippen molar-refractivity contribution in [1.82, 2.24) is 10.6 Å². The smallest absolute Gasteiger partial charge is 0.221 e. The van der Waals surface area contributed by atoms with Crippen LogP contribution in [0, 0.1) is 12.8 Å². The first-order valence-electron chi connectivity index (χ1n) is 6.71. The zero-order valence-corrected chi connectivity index (χ0v) is 12.4. The summed E-state index contributed by atoms with van der Waals surface area (Å²) in [6, 6.07) is 8.71. The van der Waals surface area contributed by atoms with Crippen molar-refractivity contribution in [3.05, 3.63) is 35.4 Å². The Kier molecular flexibility index (Phi) is 6.32.